The lowest BCUT2D eigenvalue weighted by molar-refractivity contribution is -1.02. The van der Waals surface area contributed by atoms with Gasteiger partial charge in [-0.15, -0.1) is 4.65 Å². The average Bonchev–Trinajstić information content (AvgIpc) is 2.19. The van der Waals surface area contributed by atoms with Gasteiger partial charge in [-0.25, -0.2) is 5.21 Å². The Bertz CT molecular complexity index is 164. The standard InChI is InChI=1S/C5H11N2O2S/c1-2-7(9)4-3-6(8)5(7)10/h8-9H,2-4H2,1H3/q+1. The molecule has 0 saturated carbocycles. The molecule has 10 heavy (non-hydrogen) atoms. The summed E-state index contributed by atoms with van der Waals surface area (Å²) in [5.74, 6) is 0. The molecule has 1 atom stereocenters. The summed E-state index contributed by atoms with van der Waals surface area (Å²) in [5, 5.41) is 19.6. The fourth-order valence-electron chi connectivity index (χ4n) is 0.960. The minimum atomic E-state index is -0.300. The minimum Gasteiger partial charge on any atom is -0.283 e. The predicted molar refractivity (Wildman–Crippen MR) is 38.5 cm³/mol. The topological polar surface area (TPSA) is 43.7 Å². The van der Waals surface area contributed by atoms with Gasteiger partial charge in [0.1, 0.15) is 19.6 Å². The molecule has 5 heteroatoms. The number of thiocarbonyl (C=S) groups is 1. The lowest BCUT2D eigenvalue weighted by Gasteiger charge is -2.20. The van der Waals surface area contributed by atoms with Crippen molar-refractivity contribution in [3.63, 3.8) is 0 Å². The summed E-state index contributed by atoms with van der Waals surface area (Å²) in [4.78, 5) is 0. The largest absolute Gasteiger partial charge is 0.329 e. The van der Waals surface area contributed by atoms with E-state index in [4.69, 9.17) is 17.4 Å². The maximum Gasteiger partial charge on any atom is 0.329 e. The van der Waals surface area contributed by atoms with Crippen molar-refractivity contribution in [2.45, 2.75) is 6.92 Å². The van der Waals surface area contributed by atoms with E-state index in [0.717, 1.165) is 5.06 Å². The molecule has 1 fully saturated rings. The molecule has 0 aromatic rings. The molecule has 1 rings (SSSR count). The Morgan fingerprint density at radius 2 is 2.40 bits per heavy atom. The van der Waals surface area contributed by atoms with Gasteiger partial charge in [-0.2, -0.15) is 5.06 Å². The molecule has 0 spiro atoms. The third-order valence-corrected chi connectivity index (χ3v) is 2.33. The molecule has 2 N–H and O–H groups in total. The number of hydrogen-bond donors (Lipinski definition) is 2. The number of rotatable bonds is 1. The van der Waals surface area contributed by atoms with Crippen molar-refractivity contribution in [1.82, 2.24) is 5.06 Å². The summed E-state index contributed by atoms with van der Waals surface area (Å²) >= 11 is 4.77. The predicted octanol–water partition coefficient (Wildman–Crippen LogP) is 0.202. The normalized spacial score (nSPS) is 33.5. The maximum atomic E-state index is 9.53. The van der Waals surface area contributed by atoms with E-state index in [2.05, 4.69) is 0 Å². The van der Waals surface area contributed by atoms with Gasteiger partial charge in [-0.1, -0.05) is 0 Å². The summed E-state index contributed by atoms with van der Waals surface area (Å²) in [7, 11) is 0. The summed E-state index contributed by atoms with van der Waals surface area (Å²) in [6, 6.07) is 0. The summed E-state index contributed by atoms with van der Waals surface area (Å²) in [5.41, 5.74) is 0. The molecular weight excluding hydrogens is 152 g/mol. The quantitative estimate of drug-likeness (QED) is 0.428. The molecule has 1 aliphatic rings. The first-order valence-corrected chi connectivity index (χ1v) is 3.62. The SMILES string of the molecule is CC[N+]1(O)CCN(O)C1=S. The van der Waals surface area contributed by atoms with Crippen molar-refractivity contribution in [1.29, 1.82) is 0 Å². The molecule has 4 nitrogen and oxygen atoms in total. The van der Waals surface area contributed by atoms with E-state index >= 15 is 0 Å². The van der Waals surface area contributed by atoms with Crippen molar-refractivity contribution in [2.75, 3.05) is 19.6 Å². The zero-order chi connectivity index (χ0) is 7.78. The van der Waals surface area contributed by atoms with Gasteiger partial charge in [-0.05, 0) is 6.92 Å². The van der Waals surface area contributed by atoms with Gasteiger partial charge < -0.3 is 0 Å². The van der Waals surface area contributed by atoms with Crippen molar-refractivity contribution in [2.24, 2.45) is 0 Å². The molecule has 58 valence electrons. The molecule has 1 unspecified atom stereocenters. The molecule has 0 amide bonds. The van der Waals surface area contributed by atoms with Gasteiger partial charge in [0, 0.05) is 12.2 Å². The zero-order valence-electron chi connectivity index (χ0n) is 5.82. The highest BCUT2D eigenvalue weighted by Gasteiger charge is 2.41. The van der Waals surface area contributed by atoms with Crippen LogP contribution in [-0.2, 0) is 0 Å². The monoisotopic (exact) mass is 163 g/mol. The minimum absolute atomic E-state index is 0.197. The Balaban J connectivity index is 2.73. The van der Waals surface area contributed by atoms with Crippen molar-refractivity contribution < 1.29 is 15.1 Å². The van der Waals surface area contributed by atoms with Gasteiger partial charge in [0.25, 0.3) is 0 Å². The molecule has 0 radical (unpaired) electrons. The van der Waals surface area contributed by atoms with Crippen LogP contribution in [0.25, 0.3) is 0 Å². The van der Waals surface area contributed by atoms with E-state index < -0.39 is 0 Å². The number of likely N-dealkylation sites (N-methyl/N-ethyl adjacent to an activating group) is 1. The Labute approximate surface area is 64.8 Å². The Morgan fingerprint density at radius 3 is 2.60 bits per heavy atom. The van der Waals surface area contributed by atoms with Crippen LogP contribution in [0.15, 0.2) is 0 Å². The third-order valence-electron chi connectivity index (χ3n) is 1.78. The molecule has 1 heterocycles. The van der Waals surface area contributed by atoms with Gasteiger partial charge in [-0.3, -0.25) is 5.21 Å². The van der Waals surface area contributed by atoms with E-state index in [0.29, 0.717) is 19.6 Å². The van der Waals surface area contributed by atoms with Gasteiger partial charge >= 0.3 is 5.11 Å². The number of hydroxylamine groups is 5. The summed E-state index contributed by atoms with van der Waals surface area (Å²) in [6.45, 7) is 3.23. The van der Waals surface area contributed by atoms with E-state index in [1.807, 2.05) is 6.92 Å². The van der Waals surface area contributed by atoms with E-state index in [-0.39, 0.29) is 9.76 Å². The Morgan fingerprint density at radius 1 is 1.80 bits per heavy atom. The van der Waals surface area contributed by atoms with Crippen LogP contribution in [-0.4, -0.2) is 44.9 Å². The van der Waals surface area contributed by atoms with E-state index in [9.17, 15) is 5.21 Å². The molecule has 0 aromatic heterocycles. The molecule has 0 aromatic carbocycles. The second-order valence-corrected chi connectivity index (χ2v) is 2.73. The van der Waals surface area contributed by atoms with Gasteiger partial charge in [0.05, 0.1) is 0 Å². The first kappa shape index (κ1) is 7.87. The van der Waals surface area contributed by atoms with Gasteiger partial charge in [0.15, 0.2) is 0 Å². The fraction of sp³-hybridized carbons (Fsp3) is 0.800. The number of quaternary nitrogens is 1. The molecule has 0 bridgehead atoms. The first-order chi connectivity index (χ1) is 4.60. The maximum absolute atomic E-state index is 9.53. The van der Waals surface area contributed by atoms with Crippen LogP contribution in [0.3, 0.4) is 0 Å². The Hall–Kier alpha value is -0.230. The smallest absolute Gasteiger partial charge is 0.283 e. The van der Waals surface area contributed by atoms with Crippen LogP contribution in [0.2, 0.25) is 0 Å². The van der Waals surface area contributed by atoms with Crippen LogP contribution < -0.4 is 0 Å². The van der Waals surface area contributed by atoms with Gasteiger partial charge in [0.2, 0.25) is 0 Å². The molecule has 1 aliphatic heterocycles. The van der Waals surface area contributed by atoms with E-state index in [1.54, 1.807) is 0 Å². The van der Waals surface area contributed by atoms with Crippen LogP contribution in [0.4, 0.5) is 0 Å². The number of hydrogen-bond acceptors (Lipinski definition) is 3. The van der Waals surface area contributed by atoms with Crippen molar-refractivity contribution in [3.05, 3.63) is 0 Å². The lowest BCUT2D eigenvalue weighted by Crippen LogP contribution is -2.47. The van der Waals surface area contributed by atoms with E-state index in [1.165, 1.54) is 0 Å². The van der Waals surface area contributed by atoms with Crippen LogP contribution in [0.5, 0.6) is 0 Å². The van der Waals surface area contributed by atoms with Crippen LogP contribution >= 0.6 is 12.2 Å². The summed E-state index contributed by atoms with van der Waals surface area (Å²) in [6.07, 6.45) is 0. The van der Waals surface area contributed by atoms with Crippen LogP contribution in [0.1, 0.15) is 6.92 Å². The highest BCUT2D eigenvalue weighted by Crippen LogP contribution is 2.13. The van der Waals surface area contributed by atoms with Crippen LogP contribution in [0, 0.1) is 0 Å². The summed E-state index contributed by atoms with van der Waals surface area (Å²) < 4.78 is -0.300. The lowest BCUT2D eigenvalue weighted by atomic mass is 10.5. The molecule has 1 saturated heterocycles. The van der Waals surface area contributed by atoms with Crippen molar-refractivity contribution in [3.8, 4) is 0 Å². The Kier molecular flexibility index (Phi) is 1.91. The second-order valence-electron chi connectivity index (χ2n) is 2.37. The highest BCUT2D eigenvalue weighted by molar-refractivity contribution is 7.79. The van der Waals surface area contributed by atoms with Crippen molar-refractivity contribution >= 4 is 17.3 Å². The molecular formula is C5H11N2O2S+. The fourth-order valence-corrected chi connectivity index (χ4v) is 1.27. The first-order valence-electron chi connectivity index (χ1n) is 3.21. The second kappa shape index (κ2) is 2.43. The average molecular weight is 163 g/mol. The highest BCUT2D eigenvalue weighted by atomic mass is 32.1. The zero-order valence-corrected chi connectivity index (χ0v) is 6.63. The number of nitrogens with zero attached hydrogens (tertiary/aromatic N) is 2. The molecule has 0 aliphatic carbocycles. The third kappa shape index (κ3) is 1.01.